The second kappa shape index (κ2) is 8.58. The second-order valence-corrected chi connectivity index (χ2v) is 5.94. The first kappa shape index (κ1) is 17.4. The largest absolute Gasteiger partial charge is 0.365 e. The summed E-state index contributed by atoms with van der Waals surface area (Å²) in [6, 6.07) is 0. The van der Waals surface area contributed by atoms with E-state index in [-0.39, 0.29) is 19.8 Å². The van der Waals surface area contributed by atoms with Crippen molar-refractivity contribution in [3.8, 4) is 0 Å². The molecule has 0 bridgehead atoms. The summed E-state index contributed by atoms with van der Waals surface area (Å²) in [6.45, 7) is 14.1. The van der Waals surface area contributed by atoms with Gasteiger partial charge in [-0.3, -0.25) is 0 Å². The van der Waals surface area contributed by atoms with Crippen LogP contribution in [0.3, 0.4) is 0 Å². The van der Waals surface area contributed by atoms with E-state index in [1.54, 1.807) is 0 Å². The van der Waals surface area contributed by atoms with Gasteiger partial charge in [0, 0.05) is 55.4 Å². The van der Waals surface area contributed by atoms with E-state index < -0.39 is 0 Å². The van der Waals surface area contributed by atoms with E-state index in [4.69, 9.17) is 4.52 Å². The van der Waals surface area contributed by atoms with Crippen molar-refractivity contribution in [1.82, 2.24) is 15.1 Å². The summed E-state index contributed by atoms with van der Waals surface area (Å²) in [6.07, 6.45) is 1.31. The van der Waals surface area contributed by atoms with E-state index in [1.807, 2.05) is 0 Å². The van der Waals surface area contributed by atoms with Crippen molar-refractivity contribution >= 4 is 29.3 Å². The third-order valence-electron chi connectivity index (χ3n) is 3.92. The third kappa shape index (κ3) is 4.98. The van der Waals surface area contributed by atoms with E-state index in [1.165, 1.54) is 25.3 Å². The average Bonchev–Trinajstić information content (AvgIpc) is 2.95. The summed E-state index contributed by atoms with van der Waals surface area (Å²) in [4.78, 5) is 4.85. The zero-order valence-electron chi connectivity index (χ0n) is 12.0. The summed E-state index contributed by atoms with van der Waals surface area (Å²) >= 11 is 0. The van der Waals surface area contributed by atoms with Crippen molar-refractivity contribution in [2.24, 2.45) is 11.8 Å². The summed E-state index contributed by atoms with van der Waals surface area (Å²) in [5.74, 6) is 2.55. The molecule has 2 aliphatic heterocycles. The van der Waals surface area contributed by atoms with Gasteiger partial charge in [0.05, 0.1) is 12.4 Å². The number of nitrogens with one attached hydrogen (secondary N) is 1. The molecule has 3 atom stereocenters. The van der Waals surface area contributed by atoms with Crippen LogP contribution in [0.2, 0.25) is 0 Å². The number of nitrogens with zero attached hydrogens (tertiary/aromatic N) is 2. The monoisotopic (exact) mass is 340 g/mol. The summed E-state index contributed by atoms with van der Waals surface area (Å²) in [5, 5.41) is 3.43. The number of hydrogen-bond acceptors (Lipinski definition) is 4. The van der Waals surface area contributed by atoms with Gasteiger partial charge in [0.15, 0.2) is 0 Å². The number of hydrogen-bond donors (Lipinski definition) is 1. The van der Waals surface area contributed by atoms with Gasteiger partial charge >= 0.3 is 0 Å². The molecule has 0 aliphatic carbocycles. The molecule has 0 spiro atoms. The van der Waals surface area contributed by atoms with E-state index >= 15 is 0 Å². The molecule has 0 aromatic rings. The smallest absolute Gasteiger partial charge is 0.0966 e. The van der Waals surface area contributed by atoms with E-state index in [2.05, 4.69) is 38.1 Å². The second-order valence-electron chi connectivity index (χ2n) is 5.61. The molecular formula is C13H26GaN3OP. The Kier molecular flexibility index (Phi) is 7.85. The average molecular weight is 341 g/mol. The van der Waals surface area contributed by atoms with Crippen LogP contribution in [-0.4, -0.2) is 75.5 Å². The molecule has 2 aliphatic rings. The van der Waals surface area contributed by atoms with Crippen LogP contribution >= 0.6 is 9.47 Å². The Morgan fingerprint density at radius 1 is 1.47 bits per heavy atom. The quantitative estimate of drug-likeness (QED) is 0.570. The van der Waals surface area contributed by atoms with E-state index in [9.17, 15) is 0 Å². The van der Waals surface area contributed by atoms with E-state index in [0.717, 1.165) is 38.7 Å². The predicted octanol–water partition coefficient (Wildman–Crippen LogP) is 0.747. The molecule has 2 fully saturated rings. The van der Waals surface area contributed by atoms with Crippen LogP contribution in [0, 0.1) is 11.8 Å². The standard InChI is InChI=1S/C13H26N3OP.Ga/c1-11(10-17-18)8-15-5-6-16(12(15)2)9-13-3-4-14-7-13;/h11,13-14H,2-10,18H2,1H3;. The fourth-order valence-corrected chi connectivity index (χ4v) is 3.20. The van der Waals surface area contributed by atoms with E-state index in [0.29, 0.717) is 5.92 Å². The SMILES string of the molecule is C=C1N(CC(C)COP)CCN1CC1CCNC1.[Ga]. The zero-order valence-corrected chi connectivity index (χ0v) is 15.6. The molecule has 2 saturated heterocycles. The molecule has 0 saturated carbocycles. The van der Waals surface area contributed by atoms with Gasteiger partial charge in [0.1, 0.15) is 0 Å². The molecule has 2 rings (SSSR count). The van der Waals surface area contributed by atoms with Gasteiger partial charge in [-0.1, -0.05) is 13.5 Å². The Morgan fingerprint density at radius 2 is 2.21 bits per heavy atom. The molecule has 6 heteroatoms. The Hall–Kier alpha value is 0.326. The Bertz CT molecular complexity index is 287. The summed E-state index contributed by atoms with van der Waals surface area (Å²) in [7, 11) is 2.33. The third-order valence-corrected chi connectivity index (χ3v) is 4.12. The minimum atomic E-state index is 0. The molecule has 107 valence electrons. The van der Waals surface area contributed by atoms with Crippen molar-refractivity contribution < 1.29 is 4.52 Å². The van der Waals surface area contributed by atoms with Crippen LogP contribution in [0.1, 0.15) is 13.3 Å². The molecule has 2 heterocycles. The molecular weight excluding hydrogens is 315 g/mol. The first-order valence-corrected chi connectivity index (χ1v) is 7.39. The maximum Gasteiger partial charge on any atom is 0.0966 e. The minimum absolute atomic E-state index is 0. The van der Waals surface area contributed by atoms with Crippen LogP contribution in [-0.2, 0) is 4.52 Å². The fraction of sp³-hybridized carbons (Fsp3) is 0.846. The van der Waals surface area contributed by atoms with Gasteiger partial charge < -0.3 is 19.6 Å². The Balaban J connectivity index is 0.00000180. The van der Waals surface area contributed by atoms with Gasteiger partial charge in [-0.05, 0) is 31.3 Å². The van der Waals surface area contributed by atoms with Crippen molar-refractivity contribution in [3.63, 3.8) is 0 Å². The van der Waals surface area contributed by atoms with Crippen LogP contribution < -0.4 is 5.32 Å². The van der Waals surface area contributed by atoms with Crippen molar-refractivity contribution in [2.45, 2.75) is 13.3 Å². The zero-order chi connectivity index (χ0) is 13.0. The molecule has 0 aromatic carbocycles. The molecule has 0 aromatic heterocycles. The molecule has 3 unspecified atom stereocenters. The Labute approximate surface area is 132 Å². The van der Waals surface area contributed by atoms with Crippen LogP contribution in [0.15, 0.2) is 12.4 Å². The summed E-state index contributed by atoms with van der Waals surface area (Å²) < 4.78 is 5.12. The maximum atomic E-state index is 5.12. The maximum absolute atomic E-state index is 5.12. The van der Waals surface area contributed by atoms with Crippen LogP contribution in [0.4, 0.5) is 0 Å². The van der Waals surface area contributed by atoms with Crippen LogP contribution in [0.25, 0.3) is 0 Å². The molecule has 19 heavy (non-hydrogen) atoms. The first-order chi connectivity index (χ1) is 8.70. The van der Waals surface area contributed by atoms with Crippen molar-refractivity contribution in [1.29, 1.82) is 0 Å². The van der Waals surface area contributed by atoms with Crippen molar-refractivity contribution in [2.75, 3.05) is 45.9 Å². The Morgan fingerprint density at radius 3 is 2.84 bits per heavy atom. The van der Waals surface area contributed by atoms with Gasteiger partial charge in [-0.25, -0.2) is 0 Å². The minimum Gasteiger partial charge on any atom is -0.365 e. The van der Waals surface area contributed by atoms with Gasteiger partial charge in [0.2, 0.25) is 0 Å². The molecule has 1 N–H and O–H groups in total. The van der Waals surface area contributed by atoms with Crippen LogP contribution in [0.5, 0.6) is 0 Å². The first-order valence-electron chi connectivity index (χ1n) is 6.92. The molecule has 3 radical (unpaired) electrons. The molecule has 4 nitrogen and oxygen atoms in total. The predicted molar refractivity (Wildman–Crippen MR) is 83.8 cm³/mol. The topological polar surface area (TPSA) is 27.7 Å². The van der Waals surface area contributed by atoms with Gasteiger partial charge in [-0.2, -0.15) is 0 Å². The van der Waals surface area contributed by atoms with Crippen molar-refractivity contribution in [3.05, 3.63) is 12.4 Å². The normalized spacial score (nSPS) is 24.7. The van der Waals surface area contributed by atoms with Gasteiger partial charge in [0.25, 0.3) is 0 Å². The van der Waals surface area contributed by atoms with Gasteiger partial charge in [-0.15, -0.1) is 0 Å². The molecule has 0 amide bonds. The number of rotatable bonds is 6. The fourth-order valence-electron chi connectivity index (χ4n) is 2.87. The summed E-state index contributed by atoms with van der Waals surface area (Å²) in [5.41, 5.74) is 0.